The van der Waals surface area contributed by atoms with Gasteiger partial charge in [0.2, 0.25) is 11.8 Å². The van der Waals surface area contributed by atoms with Crippen LogP contribution in [0.25, 0.3) is 0 Å². The number of piperidine rings is 1. The van der Waals surface area contributed by atoms with Crippen LogP contribution in [0.4, 0.5) is 11.4 Å². The molecule has 1 saturated heterocycles. The van der Waals surface area contributed by atoms with E-state index in [0.717, 1.165) is 50.1 Å². The van der Waals surface area contributed by atoms with E-state index in [0.29, 0.717) is 6.54 Å². The summed E-state index contributed by atoms with van der Waals surface area (Å²) in [5.74, 6) is 0.671. The predicted octanol–water partition coefficient (Wildman–Crippen LogP) is 3.56. The highest BCUT2D eigenvalue weighted by molar-refractivity contribution is 5.92. The Morgan fingerprint density at radius 2 is 1.54 bits per heavy atom. The SMILES string of the molecule is CCNC(=O)C1CCN(c2ccc(NC(=O)C3CCCCC3)cc2)CC1. The molecule has 0 atom stereocenters. The van der Waals surface area contributed by atoms with Crippen LogP contribution in [0.1, 0.15) is 51.9 Å². The van der Waals surface area contributed by atoms with Gasteiger partial charge in [0.1, 0.15) is 0 Å². The average Bonchev–Trinajstić information content (AvgIpc) is 2.69. The summed E-state index contributed by atoms with van der Waals surface area (Å²) < 4.78 is 0. The van der Waals surface area contributed by atoms with Crippen molar-refractivity contribution in [2.45, 2.75) is 51.9 Å². The number of anilines is 2. The van der Waals surface area contributed by atoms with Crippen LogP contribution in [-0.2, 0) is 9.59 Å². The molecule has 0 aromatic heterocycles. The molecule has 5 heteroatoms. The molecule has 0 bridgehead atoms. The summed E-state index contributed by atoms with van der Waals surface area (Å²) in [4.78, 5) is 26.6. The first-order chi connectivity index (χ1) is 12.7. The normalized spacial score (nSPS) is 19.2. The molecule has 0 unspecified atom stereocenters. The number of nitrogens with zero attached hydrogens (tertiary/aromatic N) is 1. The molecule has 3 rings (SSSR count). The van der Waals surface area contributed by atoms with Gasteiger partial charge in [-0.25, -0.2) is 0 Å². The lowest BCUT2D eigenvalue weighted by Crippen LogP contribution is -2.40. The maximum absolute atomic E-state index is 12.3. The minimum atomic E-state index is 0.139. The summed E-state index contributed by atoms with van der Waals surface area (Å²) >= 11 is 0. The maximum atomic E-state index is 12.3. The molecule has 1 aromatic carbocycles. The fraction of sp³-hybridized carbons (Fsp3) is 0.619. The Labute approximate surface area is 156 Å². The molecule has 1 aromatic rings. The first-order valence-electron chi connectivity index (χ1n) is 10.1. The number of rotatable bonds is 5. The molecule has 2 fully saturated rings. The second-order valence-corrected chi connectivity index (χ2v) is 7.53. The predicted molar refractivity (Wildman–Crippen MR) is 105 cm³/mol. The first kappa shape index (κ1) is 18.7. The van der Waals surface area contributed by atoms with Crippen molar-refractivity contribution in [1.29, 1.82) is 0 Å². The van der Waals surface area contributed by atoms with Gasteiger partial charge >= 0.3 is 0 Å². The lowest BCUT2D eigenvalue weighted by molar-refractivity contribution is -0.125. The number of benzene rings is 1. The molecule has 0 radical (unpaired) electrons. The minimum absolute atomic E-state index is 0.139. The summed E-state index contributed by atoms with van der Waals surface area (Å²) in [6.07, 6.45) is 7.43. The number of nitrogens with one attached hydrogen (secondary N) is 2. The van der Waals surface area contributed by atoms with Crippen LogP contribution in [0.15, 0.2) is 24.3 Å². The Balaban J connectivity index is 1.50. The molecule has 1 heterocycles. The number of hydrogen-bond donors (Lipinski definition) is 2. The Kier molecular flexibility index (Phi) is 6.53. The van der Waals surface area contributed by atoms with Crippen LogP contribution in [-0.4, -0.2) is 31.4 Å². The van der Waals surface area contributed by atoms with Gasteiger partial charge in [0.25, 0.3) is 0 Å². The molecule has 1 aliphatic heterocycles. The molecule has 1 aliphatic carbocycles. The van der Waals surface area contributed by atoms with Gasteiger partial charge in [-0.2, -0.15) is 0 Å². The number of carbonyl (C=O) groups excluding carboxylic acids is 2. The summed E-state index contributed by atoms with van der Waals surface area (Å²) in [5, 5.41) is 5.99. The van der Waals surface area contributed by atoms with E-state index in [9.17, 15) is 9.59 Å². The summed E-state index contributed by atoms with van der Waals surface area (Å²) in [6, 6.07) is 8.13. The maximum Gasteiger partial charge on any atom is 0.227 e. The number of hydrogen-bond acceptors (Lipinski definition) is 3. The summed E-state index contributed by atoms with van der Waals surface area (Å²) in [7, 11) is 0. The average molecular weight is 357 g/mol. The molecule has 26 heavy (non-hydrogen) atoms. The molecule has 142 valence electrons. The van der Waals surface area contributed by atoms with Gasteiger partial charge in [0, 0.05) is 42.8 Å². The Hall–Kier alpha value is -2.04. The van der Waals surface area contributed by atoms with Gasteiger partial charge < -0.3 is 15.5 Å². The fourth-order valence-corrected chi connectivity index (χ4v) is 4.08. The quantitative estimate of drug-likeness (QED) is 0.847. The second-order valence-electron chi connectivity index (χ2n) is 7.53. The molecular weight excluding hydrogens is 326 g/mol. The topological polar surface area (TPSA) is 61.4 Å². The smallest absolute Gasteiger partial charge is 0.227 e. The Bertz CT molecular complexity index is 600. The van der Waals surface area contributed by atoms with Crippen LogP contribution in [0.3, 0.4) is 0 Å². The highest BCUT2D eigenvalue weighted by atomic mass is 16.2. The first-order valence-corrected chi connectivity index (χ1v) is 10.1. The molecular formula is C21H31N3O2. The Morgan fingerprint density at radius 3 is 2.15 bits per heavy atom. The highest BCUT2D eigenvalue weighted by Crippen LogP contribution is 2.27. The molecule has 1 saturated carbocycles. The monoisotopic (exact) mass is 357 g/mol. The van der Waals surface area contributed by atoms with Crippen LogP contribution in [0.2, 0.25) is 0 Å². The van der Waals surface area contributed by atoms with Crippen LogP contribution >= 0.6 is 0 Å². The van der Waals surface area contributed by atoms with E-state index in [1.807, 2.05) is 19.1 Å². The van der Waals surface area contributed by atoms with E-state index in [-0.39, 0.29) is 23.7 Å². The number of amides is 2. The zero-order valence-electron chi connectivity index (χ0n) is 15.8. The molecule has 2 N–H and O–H groups in total. The molecule has 2 aliphatic rings. The van der Waals surface area contributed by atoms with E-state index in [2.05, 4.69) is 27.7 Å². The molecule has 2 amide bonds. The van der Waals surface area contributed by atoms with Gasteiger partial charge in [-0.15, -0.1) is 0 Å². The minimum Gasteiger partial charge on any atom is -0.371 e. The molecule has 5 nitrogen and oxygen atoms in total. The summed E-state index contributed by atoms with van der Waals surface area (Å²) in [6.45, 7) is 4.46. The van der Waals surface area contributed by atoms with Gasteiger partial charge in [-0.1, -0.05) is 19.3 Å². The third-order valence-corrected chi connectivity index (χ3v) is 5.69. The van der Waals surface area contributed by atoms with E-state index in [1.54, 1.807) is 0 Å². The van der Waals surface area contributed by atoms with E-state index in [1.165, 1.54) is 19.3 Å². The van der Waals surface area contributed by atoms with E-state index < -0.39 is 0 Å². The fourth-order valence-electron chi connectivity index (χ4n) is 4.08. The zero-order valence-corrected chi connectivity index (χ0v) is 15.8. The van der Waals surface area contributed by atoms with Crippen molar-refractivity contribution in [2.24, 2.45) is 11.8 Å². The third-order valence-electron chi connectivity index (χ3n) is 5.69. The second kappa shape index (κ2) is 9.06. The lowest BCUT2D eigenvalue weighted by Gasteiger charge is -2.33. The number of carbonyl (C=O) groups is 2. The Morgan fingerprint density at radius 1 is 0.923 bits per heavy atom. The van der Waals surface area contributed by atoms with Gasteiger partial charge in [-0.3, -0.25) is 9.59 Å². The van der Waals surface area contributed by atoms with Crippen molar-refractivity contribution in [3.05, 3.63) is 24.3 Å². The van der Waals surface area contributed by atoms with Gasteiger partial charge in [0.15, 0.2) is 0 Å². The third kappa shape index (κ3) is 4.77. The van der Waals surface area contributed by atoms with Crippen LogP contribution in [0, 0.1) is 11.8 Å². The van der Waals surface area contributed by atoms with E-state index >= 15 is 0 Å². The highest BCUT2D eigenvalue weighted by Gasteiger charge is 2.25. The standard InChI is InChI=1S/C21H31N3O2/c1-2-22-20(25)17-12-14-24(15-13-17)19-10-8-18(9-11-19)23-21(26)16-6-4-3-5-7-16/h8-11,16-17H,2-7,12-15H2,1H3,(H,22,25)(H,23,26). The van der Waals surface area contributed by atoms with Crippen molar-refractivity contribution < 1.29 is 9.59 Å². The van der Waals surface area contributed by atoms with Crippen molar-refractivity contribution in [1.82, 2.24) is 5.32 Å². The van der Waals surface area contributed by atoms with Crippen molar-refractivity contribution in [3.8, 4) is 0 Å². The summed E-state index contributed by atoms with van der Waals surface area (Å²) in [5.41, 5.74) is 2.04. The molecule has 0 spiro atoms. The van der Waals surface area contributed by atoms with Crippen molar-refractivity contribution in [2.75, 3.05) is 29.9 Å². The lowest BCUT2D eigenvalue weighted by atomic mass is 9.88. The van der Waals surface area contributed by atoms with Crippen LogP contribution in [0.5, 0.6) is 0 Å². The van der Waals surface area contributed by atoms with Gasteiger partial charge in [0.05, 0.1) is 0 Å². The van der Waals surface area contributed by atoms with E-state index in [4.69, 9.17) is 0 Å². The van der Waals surface area contributed by atoms with Gasteiger partial charge in [-0.05, 0) is 56.9 Å². The van der Waals surface area contributed by atoms with Crippen LogP contribution < -0.4 is 15.5 Å². The van der Waals surface area contributed by atoms with Crippen molar-refractivity contribution in [3.63, 3.8) is 0 Å². The largest absolute Gasteiger partial charge is 0.371 e. The van der Waals surface area contributed by atoms with Crippen molar-refractivity contribution >= 4 is 23.2 Å². The zero-order chi connectivity index (χ0) is 18.4.